The number of hydrogen-bond acceptors (Lipinski definition) is 1. The zero-order valence-corrected chi connectivity index (χ0v) is 11.9. The number of hydrogen-bond donors (Lipinski definition) is 1. The maximum absolute atomic E-state index is 13.3. The van der Waals surface area contributed by atoms with Crippen LogP contribution in [0.3, 0.4) is 0 Å². The van der Waals surface area contributed by atoms with Crippen molar-refractivity contribution < 1.29 is 8.78 Å². The van der Waals surface area contributed by atoms with E-state index in [4.69, 9.17) is 0 Å². The second kappa shape index (κ2) is 5.89. The predicted octanol–water partition coefficient (Wildman–Crippen LogP) is 4.84. The molecule has 2 rings (SSSR count). The Balaban J connectivity index is 2.11. The Hall–Kier alpha value is -1.12. The summed E-state index contributed by atoms with van der Waals surface area (Å²) in [4.78, 5) is 0. The topological polar surface area (TPSA) is 12.0 Å². The third-order valence-corrected chi connectivity index (χ3v) is 4.29. The number of anilines is 1. The molecule has 0 saturated heterocycles. The van der Waals surface area contributed by atoms with E-state index >= 15 is 0 Å². The molecule has 106 valence electrons. The summed E-state index contributed by atoms with van der Waals surface area (Å²) in [5.74, 6) is 0.329. The van der Waals surface area contributed by atoms with Crippen molar-refractivity contribution in [2.75, 3.05) is 5.32 Å². The molecule has 0 aromatic heterocycles. The molecule has 1 aromatic rings. The Kier molecular flexibility index (Phi) is 4.43. The predicted molar refractivity (Wildman–Crippen MR) is 75.1 cm³/mol. The molecule has 3 heteroatoms. The van der Waals surface area contributed by atoms with Crippen LogP contribution in [0.5, 0.6) is 0 Å². The lowest BCUT2D eigenvalue weighted by atomic mass is 9.74. The molecule has 1 aliphatic rings. The van der Waals surface area contributed by atoms with Crippen molar-refractivity contribution in [2.24, 2.45) is 17.8 Å². The zero-order chi connectivity index (χ0) is 14.0. The molecular weight excluding hydrogens is 244 g/mol. The van der Waals surface area contributed by atoms with Gasteiger partial charge < -0.3 is 5.32 Å². The summed E-state index contributed by atoms with van der Waals surface area (Å²) in [6.45, 7) is 6.73. The van der Waals surface area contributed by atoms with Crippen LogP contribution in [0.4, 0.5) is 14.5 Å². The third-order valence-electron chi connectivity index (χ3n) is 4.29. The van der Waals surface area contributed by atoms with E-state index in [1.807, 2.05) is 0 Å². The van der Waals surface area contributed by atoms with Gasteiger partial charge in [-0.3, -0.25) is 0 Å². The molecule has 1 aromatic carbocycles. The van der Waals surface area contributed by atoms with Crippen LogP contribution in [0.2, 0.25) is 0 Å². The molecule has 3 unspecified atom stereocenters. The summed E-state index contributed by atoms with van der Waals surface area (Å²) in [7, 11) is 0. The molecule has 1 saturated carbocycles. The molecule has 0 heterocycles. The standard InChI is InChI=1S/C16H23F2N/c1-10(2)13-6-4-11(3)8-16(13)19-12-5-7-14(17)15(18)9-12/h5,7,9-11,13,16,19H,4,6,8H2,1-3H3. The van der Waals surface area contributed by atoms with Crippen LogP contribution in [0.15, 0.2) is 18.2 Å². The third kappa shape index (κ3) is 3.46. The minimum Gasteiger partial charge on any atom is -0.382 e. The molecule has 0 aliphatic heterocycles. The van der Waals surface area contributed by atoms with Crippen molar-refractivity contribution in [3.8, 4) is 0 Å². The summed E-state index contributed by atoms with van der Waals surface area (Å²) < 4.78 is 26.2. The maximum atomic E-state index is 13.3. The fraction of sp³-hybridized carbons (Fsp3) is 0.625. The fourth-order valence-corrected chi connectivity index (χ4v) is 3.17. The second-order valence-corrected chi connectivity index (χ2v) is 6.21. The van der Waals surface area contributed by atoms with Crippen molar-refractivity contribution >= 4 is 5.69 Å². The van der Waals surface area contributed by atoms with Gasteiger partial charge in [0.25, 0.3) is 0 Å². The first-order chi connectivity index (χ1) is 8.97. The highest BCUT2D eigenvalue weighted by Crippen LogP contribution is 2.35. The first-order valence-electron chi connectivity index (χ1n) is 7.19. The van der Waals surface area contributed by atoms with Gasteiger partial charge in [-0.15, -0.1) is 0 Å². The van der Waals surface area contributed by atoms with Crippen molar-refractivity contribution in [1.29, 1.82) is 0 Å². The van der Waals surface area contributed by atoms with Crippen LogP contribution >= 0.6 is 0 Å². The van der Waals surface area contributed by atoms with Gasteiger partial charge in [-0.25, -0.2) is 8.78 Å². The minimum atomic E-state index is -0.789. The zero-order valence-electron chi connectivity index (χ0n) is 11.9. The Morgan fingerprint density at radius 3 is 2.53 bits per heavy atom. The lowest BCUT2D eigenvalue weighted by molar-refractivity contribution is 0.212. The van der Waals surface area contributed by atoms with E-state index in [0.717, 1.165) is 6.42 Å². The van der Waals surface area contributed by atoms with E-state index in [2.05, 4.69) is 26.1 Å². The van der Waals surface area contributed by atoms with E-state index in [9.17, 15) is 8.78 Å². The lowest BCUT2D eigenvalue weighted by Crippen LogP contribution is -2.37. The van der Waals surface area contributed by atoms with Crippen molar-refractivity contribution in [1.82, 2.24) is 0 Å². The van der Waals surface area contributed by atoms with E-state index in [-0.39, 0.29) is 0 Å². The highest BCUT2D eigenvalue weighted by atomic mass is 19.2. The van der Waals surface area contributed by atoms with Crippen LogP contribution in [-0.4, -0.2) is 6.04 Å². The average molecular weight is 267 g/mol. The van der Waals surface area contributed by atoms with Crippen LogP contribution in [-0.2, 0) is 0 Å². The molecule has 0 amide bonds. The smallest absolute Gasteiger partial charge is 0.160 e. The summed E-state index contributed by atoms with van der Waals surface area (Å²) in [5.41, 5.74) is 0.684. The Bertz CT molecular complexity index is 431. The molecule has 0 spiro atoms. The van der Waals surface area contributed by atoms with E-state index < -0.39 is 11.6 Å². The molecule has 1 aliphatic carbocycles. The van der Waals surface area contributed by atoms with Crippen LogP contribution < -0.4 is 5.32 Å². The number of rotatable bonds is 3. The Morgan fingerprint density at radius 1 is 1.16 bits per heavy atom. The van der Waals surface area contributed by atoms with E-state index in [1.54, 1.807) is 6.07 Å². The van der Waals surface area contributed by atoms with Gasteiger partial charge in [-0.1, -0.05) is 27.2 Å². The van der Waals surface area contributed by atoms with Gasteiger partial charge in [-0.05, 0) is 42.7 Å². The van der Waals surface area contributed by atoms with Crippen LogP contribution in [0.1, 0.15) is 40.0 Å². The maximum Gasteiger partial charge on any atom is 0.160 e. The van der Waals surface area contributed by atoms with Gasteiger partial charge in [0.2, 0.25) is 0 Å². The quantitative estimate of drug-likeness (QED) is 0.826. The summed E-state index contributed by atoms with van der Waals surface area (Å²) >= 11 is 0. The summed E-state index contributed by atoms with van der Waals surface area (Å²) in [6, 6.07) is 4.42. The average Bonchev–Trinajstić information content (AvgIpc) is 2.33. The molecular formula is C16H23F2N. The van der Waals surface area contributed by atoms with Gasteiger partial charge in [0.15, 0.2) is 11.6 Å². The second-order valence-electron chi connectivity index (χ2n) is 6.21. The SMILES string of the molecule is CC1CCC(C(C)C)C(Nc2ccc(F)c(F)c2)C1. The van der Waals surface area contributed by atoms with E-state index in [1.165, 1.54) is 25.0 Å². The number of benzene rings is 1. The molecule has 3 atom stereocenters. The van der Waals surface area contributed by atoms with Crippen molar-refractivity contribution in [2.45, 2.75) is 46.1 Å². The van der Waals surface area contributed by atoms with Gasteiger partial charge >= 0.3 is 0 Å². The van der Waals surface area contributed by atoms with Crippen molar-refractivity contribution in [3.63, 3.8) is 0 Å². The van der Waals surface area contributed by atoms with Crippen molar-refractivity contribution in [3.05, 3.63) is 29.8 Å². The highest BCUT2D eigenvalue weighted by Gasteiger charge is 2.30. The first-order valence-corrected chi connectivity index (χ1v) is 7.19. The molecule has 0 radical (unpaired) electrons. The monoisotopic (exact) mass is 267 g/mol. The fourth-order valence-electron chi connectivity index (χ4n) is 3.17. The number of nitrogens with one attached hydrogen (secondary N) is 1. The minimum absolute atomic E-state index is 0.355. The molecule has 1 nitrogen and oxygen atoms in total. The van der Waals surface area contributed by atoms with E-state index in [0.29, 0.717) is 29.5 Å². The van der Waals surface area contributed by atoms with Crippen LogP contribution in [0.25, 0.3) is 0 Å². The number of halogens is 2. The van der Waals surface area contributed by atoms with Gasteiger partial charge in [0.1, 0.15) is 0 Å². The molecule has 0 bridgehead atoms. The normalized spacial score (nSPS) is 27.6. The molecule has 1 fully saturated rings. The Morgan fingerprint density at radius 2 is 1.89 bits per heavy atom. The molecule has 19 heavy (non-hydrogen) atoms. The van der Waals surface area contributed by atoms with Gasteiger partial charge in [-0.2, -0.15) is 0 Å². The summed E-state index contributed by atoms with van der Waals surface area (Å²) in [5, 5.41) is 3.40. The Labute approximate surface area is 114 Å². The summed E-state index contributed by atoms with van der Waals surface area (Å²) in [6.07, 6.45) is 3.57. The largest absolute Gasteiger partial charge is 0.382 e. The molecule has 1 N–H and O–H groups in total. The van der Waals surface area contributed by atoms with Gasteiger partial charge in [0.05, 0.1) is 0 Å². The van der Waals surface area contributed by atoms with Gasteiger partial charge in [0, 0.05) is 17.8 Å². The lowest BCUT2D eigenvalue weighted by Gasteiger charge is -2.38. The first kappa shape index (κ1) is 14.3. The van der Waals surface area contributed by atoms with Crippen LogP contribution in [0, 0.1) is 29.4 Å². The highest BCUT2D eigenvalue weighted by molar-refractivity contribution is 5.44.